The molecule has 1 heterocycles. The summed E-state index contributed by atoms with van der Waals surface area (Å²) in [7, 11) is 0. The third-order valence-corrected chi connectivity index (χ3v) is 4.09. The van der Waals surface area contributed by atoms with E-state index in [2.05, 4.69) is 5.32 Å². The van der Waals surface area contributed by atoms with Gasteiger partial charge in [0, 0.05) is 17.9 Å². The van der Waals surface area contributed by atoms with Crippen molar-refractivity contribution in [3.05, 3.63) is 58.4 Å². The van der Waals surface area contributed by atoms with Crippen molar-refractivity contribution in [1.29, 1.82) is 0 Å². The summed E-state index contributed by atoms with van der Waals surface area (Å²) in [5, 5.41) is 2.68. The van der Waals surface area contributed by atoms with Gasteiger partial charge in [-0.25, -0.2) is 4.39 Å². The minimum Gasteiger partial charge on any atom is -0.322 e. The number of hydrogen-bond acceptors (Lipinski definition) is 2. The van der Waals surface area contributed by atoms with Crippen LogP contribution in [0, 0.1) is 5.82 Å². The van der Waals surface area contributed by atoms with Crippen molar-refractivity contribution in [2.75, 3.05) is 16.8 Å². The lowest BCUT2D eigenvalue weighted by Crippen LogP contribution is -2.25. The van der Waals surface area contributed by atoms with E-state index in [0.717, 1.165) is 11.3 Å². The number of amides is 2. The molecule has 2 aromatic rings. The fourth-order valence-electron chi connectivity index (χ4n) is 2.72. The van der Waals surface area contributed by atoms with Crippen LogP contribution in [0.3, 0.4) is 0 Å². The van der Waals surface area contributed by atoms with E-state index in [0.29, 0.717) is 18.7 Å². The van der Waals surface area contributed by atoms with Crippen LogP contribution in [0.5, 0.6) is 0 Å². The van der Waals surface area contributed by atoms with E-state index in [1.165, 1.54) is 18.2 Å². The predicted octanol–water partition coefficient (Wildman–Crippen LogP) is 3.64. The summed E-state index contributed by atoms with van der Waals surface area (Å²) in [6, 6.07) is 9.28. The van der Waals surface area contributed by atoms with Crippen LogP contribution in [-0.2, 0) is 11.2 Å². The van der Waals surface area contributed by atoms with Crippen LogP contribution in [0.4, 0.5) is 15.8 Å². The molecule has 1 aliphatic rings. The molecule has 1 N–H and O–H groups in total. The van der Waals surface area contributed by atoms with Crippen LogP contribution in [0.15, 0.2) is 36.4 Å². The number of anilines is 2. The molecule has 2 aromatic carbocycles. The van der Waals surface area contributed by atoms with Gasteiger partial charge in [0.25, 0.3) is 5.91 Å². The van der Waals surface area contributed by atoms with Gasteiger partial charge >= 0.3 is 0 Å². The van der Waals surface area contributed by atoms with Crippen molar-refractivity contribution in [2.24, 2.45) is 0 Å². The highest BCUT2D eigenvalue weighted by Gasteiger charge is 2.26. The lowest BCUT2D eigenvalue weighted by atomic mass is 10.1. The number of nitrogens with one attached hydrogen (secondary N) is 1. The van der Waals surface area contributed by atoms with E-state index in [4.69, 9.17) is 11.6 Å². The Hall–Kier alpha value is -2.40. The summed E-state index contributed by atoms with van der Waals surface area (Å²) in [5.41, 5.74) is 1.99. The maximum absolute atomic E-state index is 13.8. The fourth-order valence-corrected chi connectivity index (χ4v) is 2.96. The first kappa shape index (κ1) is 15.5. The zero-order valence-corrected chi connectivity index (χ0v) is 13.2. The van der Waals surface area contributed by atoms with Crippen LogP contribution >= 0.6 is 11.6 Å². The predicted molar refractivity (Wildman–Crippen MR) is 87.5 cm³/mol. The average Bonchev–Trinajstić information content (AvgIpc) is 2.81. The molecule has 0 saturated heterocycles. The molecular formula is C17H14ClFN2O2. The normalized spacial score (nSPS) is 13.2. The molecule has 0 aromatic heterocycles. The highest BCUT2D eigenvalue weighted by atomic mass is 35.5. The largest absolute Gasteiger partial charge is 0.322 e. The molecule has 118 valence electrons. The van der Waals surface area contributed by atoms with E-state index in [9.17, 15) is 14.0 Å². The van der Waals surface area contributed by atoms with Crippen molar-refractivity contribution < 1.29 is 14.0 Å². The van der Waals surface area contributed by atoms with Gasteiger partial charge in [-0.1, -0.05) is 17.7 Å². The summed E-state index contributed by atoms with van der Waals surface area (Å²) in [5.74, 6) is -1.27. The van der Waals surface area contributed by atoms with Crippen LogP contribution in [-0.4, -0.2) is 18.4 Å². The molecule has 23 heavy (non-hydrogen) atoms. The van der Waals surface area contributed by atoms with Gasteiger partial charge in [-0.15, -0.1) is 0 Å². The number of benzene rings is 2. The average molecular weight is 333 g/mol. The standard InChI is InChI=1S/C17H14ClFN2O2/c1-2-21-14-7-6-11(8-10(14)9-15(21)22)20-17(23)16-12(18)4-3-5-13(16)19/h3-8H,2,9H2,1H3,(H,20,23). The van der Waals surface area contributed by atoms with Crippen LogP contribution in [0.25, 0.3) is 0 Å². The van der Waals surface area contributed by atoms with Gasteiger partial charge in [0.2, 0.25) is 5.91 Å². The number of hydrogen-bond donors (Lipinski definition) is 1. The van der Waals surface area contributed by atoms with E-state index >= 15 is 0 Å². The monoisotopic (exact) mass is 332 g/mol. The van der Waals surface area contributed by atoms with Crippen LogP contribution in [0.2, 0.25) is 5.02 Å². The Kier molecular flexibility index (Phi) is 4.05. The number of carbonyl (C=O) groups is 2. The first-order valence-corrected chi connectivity index (χ1v) is 7.57. The van der Waals surface area contributed by atoms with E-state index in [-0.39, 0.29) is 16.5 Å². The molecule has 0 aliphatic carbocycles. The van der Waals surface area contributed by atoms with Crippen molar-refractivity contribution in [1.82, 2.24) is 0 Å². The molecule has 0 fully saturated rings. The molecule has 3 rings (SSSR count). The van der Waals surface area contributed by atoms with Crippen molar-refractivity contribution in [2.45, 2.75) is 13.3 Å². The summed E-state index contributed by atoms with van der Waals surface area (Å²) in [6.45, 7) is 2.51. The SMILES string of the molecule is CCN1C(=O)Cc2cc(NC(=O)c3c(F)cccc3Cl)ccc21. The Balaban J connectivity index is 1.86. The molecule has 0 bridgehead atoms. The molecular weight excluding hydrogens is 319 g/mol. The van der Waals surface area contributed by atoms with Crippen LogP contribution < -0.4 is 10.2 Å². The summed E-state index contributed by atoms with van der Waals surface area (Å²) in [6.07, 6.45) is 0.299. The zero-order valence-electron chi connectivity index (χ0n) is 12.4. The minimum atomic E-state index is -0.677. The number of rotatable bonds is 3. The fraction of sp³-hybridized carbons (Fsp3) is 0.176. The molecule has 0 unspecified atom stereocenters. The summed E-state index contributed by atoms with van der Waals surface area (Å²) >= 11 is 5.89. The topological polar surface area (TPSA) is 49.4 Å². The Labute approximate surface area is 137 Å². The molecule has 2 amide bonds. The second-order valence-electron chi connectivity index (χ2n) is 5.21. The third kappa shape index (κ3) is 2.80. The molecule has 6 heteroatoms. The van der Waals surface area contributed by atoms with Crippen LogP contribution in [0.1, 0.15) is 22.8 Å². The number of likely N-dealkylation sites (N-methyl/N-ethyl adjacent to an activating group) is 1. The number of carbonyl (C=O) groups excluding carboxylic acids is 2. The highest BCUT2D eigenvalue weighted by molar-refractivity contribution is 6.34. The Morgan fingerprint density at radius 2 is 2.13 bits per heavy atom. The Bertz CT molecular complexity index is 787. The maximum Gasteiger partial charge on any atom is 0.260 e. The molecule has 0 saturated carbocycles. The molecule has 0 radical (unpaired) electrons. The van der Waals surface area contributed by atoms with Gasteiger partial charge < -0.3 is 10.2 Å². The molecule has 0 spiro atoms. The molecule has 1 aliphatic heterocycles. The Morgan fingerprint density at radius 1 is 1.35 bits per heavy atom. The summed E-state index contributed by atoms with van der Waals surface area (Å²) in [4.78, 5) is 25.8. The Morgan fingerprint density at radius 3 is 2.83 bits per heavy atom. The van der Waals surface area contributed by atoms with Gasteiger partial charge in [0.05, 0.1) is 17.0 Å². The second-order valence-corrected chi connectivity index (χ2v) is 5.62. The zero-order chi connectivity index (χ0) is 16.6. The van der Waals surface area contributed by atoms with Gasteiger partial charge in [-0.05, 0) is 42.8 Å². The van der Waals surface area contributed by atoms with Gasteiger partial charge in [-0.2, -0.15) is 0 Å². The third-order valence-electron chi connectivity index (χ3n) is 3.78. The lowest BCUT2D eigenvalue weighted by molar-refractivity contribution is -0.117. The van der Waals surface area contributed by atoms with Gasteiger partial charge in [0.15, 0.2) is 0 Å². The quantitative estimate of drug-likeness (QED) is 0.933. The summed E-state index contributed by atoms with van der Waals surface area (Å²) < 4.78 is 13.8. The first-order valence-electron chi connectivity index (χ1n) is 7.20. The molecule has 4 nitrogen and oxygen atoms in total. The number of nitrogens with zero attached hydrogens (tertiary/aromatic N) is 1. The van der Waals surface area contributed by atoms with E-state index in [1.54, 1.807) is 23.1 Å². The van der Waals surface area contributed by atoms with E-state index in [1.807, 2.05) is 6.92 Å². The maximum atomic E-state index is 13.8. The first-order chi connectivity index (χ1) is 11.0. The highest BCUT2D eigenvalue weighted by Crippen LogP contribution is 2.31. The minimum absolute atomic E-state index is 0.0307. The van der Waals surface area contributed by atoms with Gasteiger partial charge in [0.1, 0.15) is 5.82 Å². The number of halogens is 2. The van der Waals surface area contributed by atoms with Crippen molar-refractivity contribution >= 4 is 34.8 Å². The number of fused-ring (bicyclic) bond motifs is 1. The second kappa shape index (κ2) is 6.01. The smallest absolute Gasteiger partial charge is 0.260 e. The lowest BCUT2D eigenvalue weighted by Gasteiger charge is -2.15. The van der Waals surface area contributed by atoms with E-state index < -0.39 is 11.7 Å². The van der Waals surface area contributed by atoms with Crippen molar-refractivity contribution in [3.63, 3.8) is 0 Å². The van der Waals surface area contributed by atoms with Gasteiger partial charge in [-0.3, -0.25) is 9.59 Å². The molecule has 0 atom stereocenters. The van der Waals surface area contributed by atoms with Crippen molar-refractivity contribution in [3.8, 4) is 0 Å².